The van der Waals surface area contributed by atoms with Crippen molar-refractivity contribution < 1.29 is 13.2 Å². The molecule has 0 fully saturated rings. The number of hydrogen-bond acceptors (Lipinski definition) is 1. The Balaban J connectivity index is 2.46. The largest absolute Gasteiger partial charge is 0.435 e. The molecule has 0 aliphatic carbocycles. The van der Waals surface area contributed by atoms with Crippen molar-refractivity contribution in [3.05, 3.63) is 41.6 Å². The van der Waals surface area contributed by atoms with E-state index in [1.54, 1.807) is 12.1 Å². The van der Waals surface area contributed by atoms with Crippen molar-refractivity contribution in [1.82, 2.24) is 9.78 Å². The highest BCUT2D eigenvalue weighted by atomic mass is 19.4. The van der Waals surface area contributed by atoms with Crippen molar-refractivity contribution in [2.24, 2.45) is 7.05 Å². The third-order valence-corrected chi connectivity index (χ3v) is 2.52. The summed E-state index contributed by atoms with van der Waals surface area (Å²) in [6, 6.07) is 8.34. The molecule has 2 nitrogen and oxygen atoms in total. The summed E-state index contributed by atoms with van der Waals surface area (Å²) in [4.78, 5) is 0. The zero-order valence-corrected chi connectivity index (χ0v) is 9.42. The van der Waals surface area contributed by atoms with Gasteiger partial charge >= 0.3 is 6.18 Å². The number of rotatable bonds is 1. The maximum absolute atomic E-state index is 12.5. The molecule has 2 rings (SSSR count). The molecule has 0 unspecified atom stereocenters. The van der Waals surface area contributed by atoms with E-state index in [4.69, 9.17) is 0 Å². The van der Waals surface area contributed by atoms with Gasteiger partial charge in [-0.15, -0.1) is 0 Å². The van der Waals surface area contributed by atoms with Gasteiger partial charge in [0.15, 0.2) is 5.69 Å². The van der Waals surface area contributed by atoms with Crippen LogP contribution in [0.4, 0.5) is 13.2 Å². The molecule has 0 spiro atoms. The van der Waals surface area contributed by atoms with Gasteiger partial charge in [-0.25, -0.2) is 0 Å². The Morgan fingerprint density at radius 2 is 1.71 bits per heavy atom. The zero-order valence-electron chi connectivity index (χ0n) is 9.42. The minimum Gasteiger partial charge on any atom is -0.267 e. The van der Waals surface area contributed by atoms with Crippen molar-refractivity contribution in [3.63, 3.8) is 0 Å². The number of hydrogen-bond donors (Lipinski definition) is 0. The quantitative estimate of drug-likeness (QED) is 0.746. The molecule has 1 aromatic heterocycles. The second-order valence-corrected chi connectivity index (χ2v) is 3.90. The molecule has 5 heteroatoms. The average Bonchev–Trinajstić information content (AvgIpc) is 2.61. The van der Waals surface area contributed by atoms with E-state index < -0.39 is 11.9 Å². The van der Waals surface area contributed by atoms with Crippen molar-refractivity contribution >= 4 is 0 Å². The molecule has 0 amide bonds. The molecule has 2 aromatic rings. The van der Waals surface area contributed by atoms with Crippen molar-refractivity contribution in [3.8, 4) is 11.3 Å². The van der Waals surface area contributed by atoms with Crippen LogP contribution in [0.15, 0.2) is 30.3 Å². The van der Waals surface area contributed by atoms with Gasteiger partial charge in [0, 0.05) is 7.05 Å². The molecule has 17 heavy (non-hydrogen) atoms. The van der Waals surface area contributed by atoms with Gasteiger partial charge in [-0.3, -0.25) is 4.68 Å². The lowest BCUT2D eigenvalue weighted by molar-refractivity contribution is -0.141. The van der Waals surface area contributed by atoms with Crippen LogP contribution in [-0.4, -0.2) is 9.78 Å². The first-order valence-electron chi connectivity index (χ1n) is 5.06. The predicted octanol–water partition coefficient (Wildman–Crippen LogP) is 3.41. The number of nitrogens with zero attached hydrogens (tertiary/aromatic N) is 2. The molecule has 0 saturated heterocycles. The van der Waals surface area contributed by atoms with Crippen LogP contribution in [-0.2, 0) is 13.2 Å². The van der Waals surface area contributed by atoms with Crippen LogP contribution < -0.4 is 0 Å². The predicted molar refractivity (Wildman–Crippen MR) is 58.4 cm³/mol. The van der Waals surface area contributed by atoms with Crippen LogP contribution in [0.25, 0.3) is 11.3 Å². The van der Waals surface area contributed by atoms with Gasteiger partial charge in [-0.2, -0.15) is 18.3 Å². The first-order chi connectivity index (χ1) is 7.88. The molecule has 1 aromatic carbocycles. The highest BCUT2D eigenvalue weighted by Gasteiger charge is 2.34. The van der Waals surface area contributed by atoms with E-state index in [0.29, 0.717) is 5.69 Å². The monoisotopic (exact) mass is 240 g/mol. The summed E-state index contributed by atoms with van der Waals surface area (Å²) in [6.07, 6.45) is -4.40. The molecule has 0 atom stereocenters. The minimum atomic E-state index is -4.40. The molecule has 90 valence electrons. The van der Waals surface area contributed by atoms with E-state index in [1.165, 1.54) is 11.7 Å². The van der Waals surface area contributed by atoms with Crippen LogP contribution in [0.2, 0.25) is 0 Å². The summed E-state index contributed by atoms with van der Waals surface area (Å²) in [6.45, 7) is 1.92. The minimum absolute atomic E-state index is 0.456. The fourth-order valence-electron chi connectivity index (χ4n) is 1.60. The lowest BCUT2D eigenvalue weighted by Gasteiger charge is -2.01. The average molecular weight is 240 g/mol. The Morgan fingerprint density at radius 1 is 1.12 bits per heavy atom. The summed E-state index contributed by atoms with van der Waals surface area (Å²) in [5.74, 6) is 0. The Hall–Kier alpha value is -1.78. The molecule has 0 bridgehead atoms. The van der Waals surface area contributed by atoms with E-state index in [1.807, 2.05) is 19.1 Å². The van der Waals surface area contributed by atoms with E-state index in [-0.39, 0.29) is 0 Å². The highest BCUT2D eigenvalue weighted by Crippen LogP contribution is 2.31. The maximum Gasteiger partial charge on any atom is 0.435 e. The lowest BCUT2D eigenvalue weighted by atomic mass is 10.1. The van der Waals surface area contributed by atoms with Crippen LogP contribution in [0.1, 0.15) is 11.3 Å². The third kappa shape index (κ3) is 2.33. The maximum atomic E-state index is 12.5. The van der Waals surface area contributed by atoms with Crippen LogP contribution >= 0.6 is 0 Å². The molecule has 0 aliphatic heterocycles. The van der Waals surface area contributed by atoms with E-state index in [0.717, 1.165) is 17.2 Å². The number of aryl methyl sites for hydroxylation is 2. The molecular formula is C12H11F3N2. The summed E-state index contributed by atoms with van der Waals surface area (Å²) >= 11 is 0. The lowest BCUT2D eigenvalue weighted by Crippen LogP contribution is -2.06. The summed E-state index contributed by atoms with van der Waals surface area (Å²) in [5, 5.41) is 3.47. The van der Waals surface area contributed by atoms with Gasteiger partial charge in [-0.05, 0) is 18.6 Å². The van der Waals surface area contributed by atoms with Crippen molar-refractivity contribution in [1.29, 1.82) is 0 Å². The van der Waals surface area contributed by atoms with Gasteiger partial charge < -0.3 is 0 Å². The van der Waals surface area contributed by atoms with Crippen LogP contribution in [0, 0.1) is 6.92 Å². The fourth-order valence-corrected chi connectivity index (χ4v) is 1.60. The first kappa shape index (κ1) is 11.7. The first-order valence-corrected chi connectivity index (χ1v) is 5.06. The van der Waals surface area contributed by atoms with E-state index >= 15 is 0 Å². The summed E-state index contributed by atoms with van der Waals surface area (Å²) in [7, 11) is 1.50. The van der Waals surface area contributed by atoms with Crippen molar-refractivity contribution in [2.75, 3.05) is 0 Å². The topological polar surface area (TPSA) is 17.8 Å². The molecule has 0 aliphatic rings. The Kier molecular flexibility index (Phi) is 2.69. The van der Waals surface area contributed by atoms with Gasteiger partial charge in [0.1, 0.15) is 0 Å². The molecule has 1 heterocycles. The molecule has 0 saturated carbocycles. The van der Waals surface area contributed by atoms with Gasteiger partial charge in [0.25, 0.3) is 0 Å². The number of aromatic nitrogens is 2. The summed E-state index contributed by atoms with van der Waals surface area (Å²) in [5.41, 5.74) is 1.38. The number of halogens is 3. The molecular weight excluding hydrogens is 229 g/mol. The van der Waals surface area contributed by atoms with Gasteiger partial charge in [0.2, 0.25) is 0 Å². The van der Waals surface area contributed by atoms with E-state index in [9.17, 15) is 13.2 Å². The third-order valence-electron chi connectivity index (χ3n) is 2.52. The van der Waals surface area contributed by atoms with Crippen LogP contribution in [0.3, 0.4) is 0 Å². The SMILES string of the molecule is Cc1ccc(-c2cc(C(F)(F)F)nn2C)cc1. The number of alkyl halides is 3. The van der Waals surface area contributed by atoms with Gasteiger partial charge in [-0.1, -0.05) is 29.8 Å². The highest BCUT2D eigenvalue weighted by molar-refractivity contribution is 5.60. The standard InChI is InChI=1S/C12H11F3N2/c1-8-3-5-9(6-4-8)10-7-11(12(13,14)15)16-17(10)2/h3-7H,1-2H3. The summed E-state index contributed by atoms with van der Waals surface area (Å²) < 4.78 is 38.7. The second kappa shape index (κ2) is 3.91. The van der Waals surface area contributed by atoms with Gasteiger partial charge in [0.05, 0.1) is 5.69 Å². The van der Waals surface area contributed by atoms with Crippen molar-refractivity contribution in [2.45, 2.75) is 13.1 Å². The second-order valence-electron chi connectivity index (χ2n) is 3.90. The normalized spacial score (nSPS) is 11.8. The number of benzene rings is 1. The van der Waals surface area contributed by atoms with Crippen LogP contribution in [0.5, 0.6) is 0 Å². The molecule has 0 N–H and O–H groups in total. The Bertz CT molecular complexity index is 524. The zero-order chi connectivity index (χ0) is 12.6. The Morgan fingerprint density at radius 3 is 2.18 bits per heavy atom. The van der Waals surface area contributed by atoms with E-state index in [2.05, 4.69) is 5.10 Å². The smallest absolute Gasteiger partial charge is 0.267 e. The molecule has 0 radical (unpaired) electrons. The Labute approximate surface area is 96.7 Å². The fraction of sp³-hybridized carbons (Fsp3) is 0.250.